The van der Waals surface area contributed by atoms with E-state index < -0.39 is 0 Å². The zero-order chi connectivity index (χ0) is 15.2. The summed E-state index contributed by atoms with van der Waals surface area (Å²) in [7, 11) is 0. The highest BCUT2D eigenvalue weighted by Crippen LogP contribution is 2.35. The van der Waals surface area contributed by atoms with Gasteiger partial charge in [0.1, 0.15) is 4.88 Å². The second-order valence-corrected chi connectivity index (χ2v) is 7.27. The van der Waals surface area contributed by atoms with E-state index in [9.17, 15) is 4.79 Å². The van der Waals surface area contributed by atoms with E-state index in [0.29, 0.717) is 22.1 Å². The molecule has 2 rings (SSSR count). The minimum atomic E-state index is -0.0883. The van der Waals surface area contributed by atoms with Gasteiger partial charge in [0.25, 0.3) is 5.91 Å². The smallest absolute Gasteiger partial charge is 0.263 e. The molecule has 0 atom stereocenters. The number of halogens is 1. The monoisotopic (exact) mass is 342 g/mol. The summed E-state index contributed by atoms with van der Waals surface area (Å²) < 4.78 is 0.949. The number of nitrogen functional groups attached to an aromatic ring is 1. The normalized spacial score (nSPS) is 11.0. The van der Waals surface area contributed by atoms with Crippen LogP contribution in [0.25, 0.3) is 10.1 Å². The van der Waals surface area contributed by atoms with Gasteiger partial charge in [-0.3, -0.25) is 4.79 Å². The molecule has 0 saturated heterocycles. The van der Waals surface area contributed by atoms with E-state index in [-0.39, 0.29) is 5.91 Å². The number of amides is 1. The Hall–Kier alpha value is -0.910. The fourth-order valence-corrected chi connectivity index (χ4v) is 3.90. The third kappa shape index (κ3) is 4.28. The van der Waals surface area contributed by atoms with Gasteiger partial charge in [0.2, 0.25) is 0 Å². The second kappa shape index (κ2) is 7.92. The first kappa shape index (κ1) is 16.5. The summed E-state index contributed by atoms with van der Waals surface area (Å²) in [5.41, 5.74) is 6.61. The number of rotatable bonds is 7. The molecule has 1 aromatic carbocycles. The number of benzene rings is 1. The maximum Gasteiger partial charge on any atom is 0.263 e. The first-order valence-corrected chi connectivity index (χ1v) is 9.47. The van der Waals surface area contributed by atoms with Crippen LogP contribution in [0.3, 0.4) is 0 Å². The highest BCUT2D eigenvalue weighted by atomic mass is 35.5. The minimum absolute atomic E-state index is 0.0883. The van der Waals surface area contributed by atoms with Crippen molar-refractivity contribution in [3.63, 3.8) is 0 Å². The Kier molecular flexibility index (Phi) is 6.21. The standard InChI is InChI=1S/C15H19ClN2OS2/c1-20-8-4-2-3-7-18-15(19)14-13(17)11-6-5-10(16)9-12(11)21-14/h5-6,9H,2-4,7-8,17H2,1H3,(H,18,19). The number of hydrogen-bond acceptors (Lipinski definition) is 4. The fourth-order valence-electron chi connectivity index (χ4n) is 2.09. The summed E-state index contributed by atoms with van der Waals surface area (Å²) in [5.74, 6) is 1.09. The van der Waals surface area contributed by atoms with Crippen molar-refractivity contribution in [3.8, 4) is 0 Å². The third-order valence-corrected chi connectivity index (χ3v) is 5.31. The van der Waals surface area contributed by atoms with Gasteiger partial charge in [-0.15, -0.1) is 11.3 Å². The number of nitrogens with two attached hydrogens (primary N) is 1. The van der Waals surface area contributed by atoms with Crippen molar-refractivity contribution in [3.05, 3.63) is 28.1 Å². The number of anilines is 1. The van der Waals surface area contributed by atoms with E-state index in [4.69, 9.17) is 17.3 Å². The molecule has 0 aliphatic rings. The zero-order valence-electron chi connectivity index (χ0n) is 11.9. The van der Waals surface area contributed by atoms with Gasteiger partial charge in [-0.25, -0.2) is 0 Å². The summed E-state index contributed by atoms with van der Waals surface area (Å²) in [4.78, 5) is 12.8. The van der Waals surface area contributed by atoms with Crippen molar-refractivity contribution in [2.75, 3.05) is 24.3 Å². The van der Waals surface area contributed by atoms with Crippen molar-refractivity contribution < 1.29 is 4.79 Å². The molecule has 0 spiro atoms. The molecule has 1 aromatic heterocycles. The van der Waals surface area contributed by atoms with Crippen LogP contribution in [0.15, 0.2) is 18.2 Å². The van der Waals surface area contributed by atoms with Crippen LogP contribution in [-0.4, -0.2) is 24.5 Å². The third-order valence-electron chi connectivity index (χ3n) is 3.21. The number of nitrogens with one attached hydrogen (secondary N) is 1. The number of unbranched alkanes of at least 4 members (excludes halogenated alkanes) is 2. The van der Waals surface area contributed by atoms with Gasteiger partial charge in [-0.05, 0) is 43.0 Å². The van der Waals surface area contributed by atoms with Gasteiger partial charge in [0.05, 0.1) is 5.69 Å². The quantitative estimate of drug-likeness (QED) is 0.733. The van der Waals surface area contributed by atoms with Crippen LogP contribution < -0.4 is 11.1 Å². The van der Waals surface area contributed by atoms with Crippen LogP contribution in [0.1, 0.15) is 28.9 Å². The largest absolute Gasteiger partial charge is 0.397 e. The SMILES string of the molecule is CSCCCCCNC(=O)c1sc2cc(Cl)ccc2c1N. The van der Waals surface area contributed by atoms with Gasteiger partial charge in [-0.2, -0.15) is 11.8 Å². The van der Waals surface area contributed by atoms with Crippen molar-refractivity contribution in [1.82, 2.24) is 5.32 Å². The molecule has 0 aliphatic heterocycles. The van der Waals surface area contributed by atoms with Crippen LogP contribution in [0, 0.1) is 0 Å². The van der Waals surface area contributed by atoms with Crippen molar-refractivity contribution >= 4 is 56.4 Å². The van der Waals surface area contributed by atoms with Crippen molar-refractivity contribution in [2.45, 2.75) is 19.3 Å². The van der Waals surface area contributed by atoms with Crippen LogP contribution in [-0.2, 0) is 0 Å². The highest BCUT2D eigenvalue weighted by Gasteiger charge is 2.15. The summed E-state index contributed by atoms with van der Waals surface area (Å²) in [6.45, 7) is 0.696. The number of thioether (sulfide) groups is 1. The molecule has 0 bridgehead atoms. The zero-order valence-corrected chi connectivity index (χ0v) is 14.3. The Morgan fingerprint density at radius 2 is 2.19 bits per heavy atom. The van der Waals surface area contributed by atoms with Gasteiger partial charge in [0, 0.05) is 21.7 Å². The summed E-state index contributed by atoms with van der Waals surface area (Å²) >= 11 is 9.22. The number of hydrogen-bond donors (Lipinski definition) is 2. The van der Waals surface area contributed by atoms with Crippen molar-refractivity contribution in [2.24, 2.45) is 0 Å². The molecule has 114 valence electrons. The molecule has 0 fully saturated rings. The minimum Gasteiger partial charge on any atom is -0.397 e. The molecule has 0 aliphatic carbocycles. The molecule has 0 radical (unpaired) electrons. The average Bonchev–Trinajstić information content (AvgIpc) is 2.79. The molecule has 6 heteroatoms. The Bertz CT molecular complexity index is 627. The average molecular weight is 343 g/mol. The predicted molar refractivity (Wildman–Crippen MR) is 95.8 cm³/mol. The number of carbonyl (C=O) groups is 1. The maximum atomic E-state index is 12.2. The molecular formula is C15H19ClN2OS2. The Morgan fingerprint density at radius 3 is 2.95 bits per heavy atom. The predicted octanol–water partition coefficient (Wildman–Crippen LogP) is 4.40. The van der Waals surface area contributed by atoms with Crippen LogP contribution in [0.5, 0.6) is 0 Å². The number of fused-ring (bicyclic) bond motifs is 1. The number of thiophene rings is 1. The lowest BCUT2D eigenvalue weighted by Gasteiger charge is -2.04. The van der Waals surface area contributed by atoms with Crippen LogP contribution >= 0.6 is 34.7 Å². The van der Waals surface area contributed by atoms with E-state index in [2.05, 4.69) is 11.6 Å². The number of carbonyl (C=O) groups excluding carboxylic acids is 1. The van der Waals surface area contributed by atoms with E-state index in [1.165, 1.54) is 23.5 Å². The Balaban J connectivity index is 1.95. The van der Waals surface area contributed by atoms with E-state index in [1.807, 2.05) is 23.9 Å². The van der Waals surface area contributed by atoms with Crippen LogP contribution in [0.4, 0.5) is 5.69 Å². The molecule has 3 N–H and O–H groups in total. The molecule has 1 heterocycles. The Morgan fingerprint density at radius 1 is 1.38 bits per heavy atom. The lowest BCUT2D eigenvalue weighted by molar-refractivity contribution is 0.0958. The second-order valence-electron chi connectivity index (χ2n) is 4.79. The van der Waals surface area contributed by atoms with Crippen molar-refractivity contribution in [1.29, 1.82) is 0 Å². The van der Waals surface area contributed by atoms with Crippen LogP contribution in [0.2, 0.25) is 5.02 Å². The lowest BCUT2D eigenvalue weighted by Crippen LogP contribution is -2.24. The highest BCUT2D eigenvalue weighted by molar-refractivity contribution is 7.98. The fraction of sp³-hybridized carbons (Fsp3) is 0.400. The topological polar surface area (TPSA) is 55.1 Å². The lowest BCUT2D eigenvalue weighted by atomic mass is 10.2. The summed E-state index contributed by atoms with van der Waals surface area (Å²) in [6.07, 6.45) is 5.44. The molecule has 1 amide bonds. The van der Waals surface area contributed by atoms with E-state index in [1.54, 1.807) is 6.07 Å². The van der Waals surface area contributed by atoms with Gasteiger partial charge >= 0.3 is 0 Å². The molecule has 3 nitrogen and oxygen atoms in total. The van der Waals surface area contributed by atoms with Gasteiger partial charge < -0.3 is 11.1 Å². The Labute approximate surface area is 138 Å². The molecule has 0 saturated carbocycles. The molecule has 21 heavy (non-hydrogen) atoms. The van der Waals surface area contributed by atoms with Gasteiger partial charge in [-0.1, -0.05) is 18.0 Å². The summed E-state index contributed by atoms with van der Waals surface area (Å²) in [6, 6.07) is 5.50. The first-order valence-electron chi connectivity index (χ1n) is 6.88. The maximum absolute atomic E-state index is 12.2. The van der Waals surface area contributed by atoms with E-state index in [0.717, 1.165) is 22.9 Å². The van der Waals surface area contributed by atoms with E-state index >= 15 is 0 Å². The summed E-state index contributed by atoms with van der Waals surface area (Å²) in [5, 5.41) is 4.50. The molecular weight excluding hydrogens is 324 g/mol. The molecule has 0 unspecified atom stereocenters. The first-order chi connectivity index (χ1) is 10.1. The molecule has 2 aromatic rings. The van der Waals surface area contributed by atoms with Gasteiger partial charge in [0.15, 0.2) is 0 Å².